The van der Waals surface area contributed by atoms with E-state index in [2.05, 4.69) is 15.9 Å². The molecule has 0 spiro atoms. The van der Waals surface area contributed by atoms with Gasteiger partial charge in [0.25, 0.3) is 0 Å². The zero-order valence-electron chi connectivity index (χ0n) is 6.58. The van der Waals surface area contributed by atoms with Crippen molar-refractivity contribution in [3.63, 3.8) is 0 Å². The van der Waals surface area contributed by atoms with Crippen molar-refractivity contribution in [2.75, 3.05) is 5.73 Å². The summed E-state index contributed by atoms with van der Waals surface area (Å²) in [6.07, 6.45) is 0.778. The number of hydrogen-bond donors (Lipinski definition) is 1. The Kier molecular flexibility index (Phi) is 2.09. The Morgan fingerprint density at radius 2 is 2.15 bits per heavy atom. The van der Waals surface area contributed by atoms with Crippen LogP contribution in [0.4, 0.5) is 5.69 Å². The van der Waals surface area contributed by atoms with Crippen LogP contribution in [0.2, 0.25) is 0 Å². The van der Waals surface area contributed by atoms with Crippen LogP contribution in [0.5, 0.6) is 0 Å². The quantitative estimate of drug-likeness (QED) is 0.629. The van der Waals surface area contributed by atoms with Gasteiger partial charge in [-0.1, -0.05) is 0 Å². The normalized spacial score (nSPS) is 10.5. The molecule has 0 atom stereocenters. The number of fused-ring (bicyclic) bond motifs is 1. The number of rotatable bonds is 1. The number of benzene rings is 1. The Labute approximate surface area is 87.5 Å². The van der Waals surface area contributed by atoms with E-state index in [0.717, 1.165) is 20.2 Å². The minimum Gasteiger partial charge on any atom is -0.398 e. The summed E-state index contributed by atoms with van der Waals surface area (Å²) in [6.45, 7) is 0. The number of carbonyl (C=O) groups is 1. The van der Waals surface area contributed by atoms with Crippen molar-refractivity contribution in [3.8, 4) is 0 Å². The number of carbonyl (C=O) groups excluding carboxylic acids is 1. The van der Waals surface area contributed by atoms with Gasteiger partial charge in [0, 0.05) is 16.0 Å². The maximum atomic E-state index is 10.6. The summed E-state index contributed by atoms with van der Waals surface area (Å²) in [6, 6.07) is 5.61. The third-order valence-corrected chi connectivity index (χ3v) is 3.42. The highest BCUT2D eigenvalue weighted by atomic mass is 79.9. The molecular weight excluding hydrogens is 250 g/mol. The van der Waals surface area contributed by atoms with Crippen molar-refractivity contribution in [1.82, 2.24) is 0 Å². The van der Waals surface area contributed by atoms with E-state index in [1.165, 1.54) is 0 Å². The largest absolute Gasteiger partial charge is 0.398 e. The summed E-state index contributed by atoms with van der Waals surface area (Å²) >= 11 is 4.99. The van der Waals surface area contributed by atoms with Crippen molar-refractivity contribution in [3.05, 3.63) is 27.5 Å². The first-order valence-corrected chi connectivity index (χ1v) is 5.25. The topological polar surface area (TPSA) is 43.1 Å². The fourth-order valence-electron chi connectivity index (χ4n) is 1.19. The van der Waals surface area contributed by atoms with Crippen molar-refractivity contribution in [2.24, 2.45) is 0 Å². The molecule has 1 aromatic carbocycles. The average Bonchev–Trinajstić information content (AvgIpc) is 2.42. The minimum atomic E-state index is 0.539. The Bertz CT molecular complexity index is 478. The lowest BCUT2D eigenvalue weighted by Crippen LogP contribution is -1.91. The van der Waals surface area contributed by atoms with Crippen LogP contribution in [0, 0.1) is 0 Å². The van der Waals surface area contributed by atoms with Crippen LogP contribution in [-0.2, 0) is 0 Å². The second-order valence-corrected chi connectivity index (χ2v) is 5.15. The molecule has 0 bridgehead atoms. The highest BCUT2D eigenvalue weighted by Crippen LogP contribution is 2.32. The lowest BCUT2D eigenvalue weighted by molar-refractivity contribution is 0.112. The molecule has 13 heavy (non-hydrogen) atoms. The molecule has 4 heteroatoms. The monoisotopic (exact) mass is 255 g/mol. The van der Waals surface area contributed by atoms with E-state index in [-0.39, 0.29) is 0 Å². The molecule has 0 unspecified atom stereocenters. The predicted octanol–water partition coefficient (Wildman–Crippen LogP) is 3.06. The minimum absolute atomic E-state index is 0.539. The molecular formula is C9H6BrNOS. The summed E-state index contributed by atoms with van der Waals surface area (Å²) in [4.78, 5) is 10.6. The standard InChI is InChI=1S/C9H6BrNOS/c10-9-2-5-1-6(4-12)7(11)3-8(5)13-9/h1-4H,11H2. The van der Waals surface area contributed by atoms with Gasteiger partial charge in [-0.2, -0.15) is 0 Å². The molecule has 1 heterocycles. The van der Waals surface area contributed by atoms with Crippen molar-refractivity contribution in [1.29, 1.82) is 0 Å². The van der Waals surface area contributed by atoms with Crippen LogP contribution >= 0.6 is 27.3 Å². The van der Waals surface area contributed by atoms with E-state index in [1.54, 1.807) is 17.4 Å². The van der Waals surface area contributed by atoms with Gasteiger partial charge < -0.3 is 5.73 Å². The lowest BCUT2D eigenvalue weighted by atomic mass is 10.1. The van der Waals surface area contributed by atoms with Crippen molar-refractivity contribution in [2.45, 2.75) is 0 Å². The number of nitrogen functional groups attached to an aromatic ring is 1. The van der Waals surface area contributed by atoms with Crippen LogP contribution in [-0.4, -0.2) is 6.29 Å². The second kappa shape index (κ2) is 3.12. The van der Waals surface area contributed by atoms with E-state index in [1.807, 2.05) is 12.1 Å². The molecule has 0 saturated carbocycles. The van der Waals surface area contributed by atoms with Crippen LogP contribution in [0.15, 0.2) is 22.0 Å². The van der Waals surface area contributed by atoms with Gasteiger partial charge >= 0.3 is 0 Å². The Hall–Kier alpha value is -0.870. The summed E-state index contributed by atoms with van der Waals surface area (Å²) in [5.74, 6) is 0. The SMILES string of the molecule is Nc1cc2sc(Br)cc2cc1C=O. The molecule has 0 radical (unpaired) electrons. The van der Waals surface area contributed by atoms with Crippen LogP contribution in [0.1, 0.15) is 10.4 Å². The molecule has 0 amide bonds. The molecule has 0 aliphatic carbocycles. The first-order valence-electron chi connectivity index (χ1n) is 3.64. The molecule has 0 fully saturated rings. The third-order valence-electron chi connectivity index (χ3n) is 1.82. The van der Waals surface area contributed by atoms with Gasteiger partial charge in [0.05, 0.1) is 3.79 Å². The number of nitrogens with two attached hydrogens (primary N) is 1. The summed E-state index contributed by atoms with van der Waals surface area (Å²) in [5, 5.41) is 1.05. The smallest absolute Gasteiger partial charge is 0.152 e. The van der Waals surface area contributed by atoms with Gasteiger partial charge in [0.2, 0.25) is 0 Å². The number of aldehydes is 1. The Balaban J connectivity index is 2.79. The van der Waals surface area contributed by atoms with Crippen LogP contribution < -0.4 is 5.73 Å². The van der Waals surface area contributed by atoms with Gasteiger partial charge in [-0.05, 0) is 39.5 Å². The number of anilines is 1. The van der Waals surface area contributed by atoms with Gasteiger partial charge in [-0.25, -0.2) is 0 Å². The van der Waals surface area contributed by atoms with Gasteiger partial charge in [-0.15, -0.1) is 11.3 Å². The summed E-state index contributed by atoms with van der Waals surface area (Å²) in [5.41, 5.74) is 6.76. The van der Waals surface area contributed by atoms with Crippen molar-refractivity contribution < 1.29 is 4.79 Å². The van der Waals surface area contributed by atoms with Gasteiger partial charge in [-0.3, -0.25) is 4.79 Å². The Morgan fingerprint density at radius 1 is 1.38 bits per heavy atom. The molecule has 0 saturated heterocycles. The number of hydrogen-bond acceptors (Lipinski definition) is 3. The predicted molar refractivity (Wildman–Crippen MR) is 59.3 cm³/mol. The molecule has 1 aromatic heterocycles. The molecule has 0 aliphatic rings. The van der Waals surface area contributed by atoms with Crippen LogP contribution in [0.25, 0.3) is 10.1 Å². The highest BCUT2D eigenvalue weighted by molar-refractivity contribution is 9.11. The van der Waals surface area contributed by atoms with E-state index in [4.69, 9.17) is 5.73 Å². The zero-order chi connectivity index (χ0) is 9.42. The van der Waals surface area contributed by atoms with E-state index in [0.29, 0.717) is 11.3 Å². The summed E-state index contributed by atoms with van der Waals surface area (Å²) < 4.78 is 2.14. The molecule has 2 nitrogen and oxygen atoms in total. The highest BCUT2D eigenvalue weighted by Gasteiger charge is 2.03. The van der Waals surface area contributed by atoms with E-state index < -0.39 is 0 Å². The maximum absolute atomic E-state index is 10.6. The van der Waals surface area contributed by atoms with Gasteiger partial charge in [0.1, 0.15) is 0 Å². The van der Waals surface area contributed by atoms with Crippen molar-refractivity contribution >= 4 is 49.3 Å². The fraction of sp³-hybridized carbons (Fsp3) is 0. The fourth-order valence-corrected chi connectivity index (χ4v) is 2.78. The zero-order valence-corrected chi connectivity index (χ0v) is 8.98. The van der Waals surface area contributed by atoms with E-state index in [9.17, 15) is 4.79 Å². The molecule has 66 valence electrons. The first-order chi connectivity index (χ1) is 6.20. The Morgan fingerprint density at radius 3 is 2.85 bits per heavy atom. The third kappa shape index (κ3) is 1.47. The number of thiophene rings is 1. The maximum Gasteiger partial charge on any atom is 0.152 e. The lowest BCUT2D eigenvalue weighted by Gasteiger charge is -1.97. The second-order valence-electron chi connectivity index (χ2n) is 2.69. The molecule has 2 rings (SSSR count). The van der Waals surface area contributed by atoms with E-state index >= 15 is 0 Å². The molecule has 2 aromatic rings. The molecule has 2 N–H and O–H groups in total. The first kappa shape index (κ1) is 8.72. The summed E-state index contributed by atoms with van der Waals surface area (Å²) in [7, 11) is 0. The number of halogens is 1. The molecule has 0 aliphatic heterocycles. The van der Waals surface area contributed by atoms with Crippen LogP contribution in [0.3, 0.4) is 0 Å². The van der Waals surface area contributed by atoms with Gasteiger partial charge in [0.15, 0.2) is 6.29 Å². The average molecular weight is 256 g/mol.